The smallest absolute Gasteiger partial charge is 0.0935 e. The van der Waals surface area contributed by atoms with E-state index < -0.39 is 0 Å². The fourth-order valence-corrected chi connectivity index (χ4v) is 2.55. The van der Waals surface area contributed by atoms with Gasteiger partial charge in [-0.15, -0.1) is 0 Å². The zero-order valence-electron chi connectivity index (χ0n) is 11.0. The van der Waals surface area contributed by atoms with E-state index in [1.54, 1.807) is 12.1 Å². The van der Waals surface area contributed by atoms with Gasteiger partial charge >= 0.3 is 0 Å². The predicted molar refractivity (Wildman–Crippen MR) is 88.5 cm³/mol. The van der Waals surface area contributed by atoms with Crippen LogP contribution >= 0.6 is 34.8 Å². The molecule has 0 saturated heterocycles. The van der Waals surface area contributed by atoms with E-state index in [4.69, 9.17) is 34.8 Å². The van der Waals surface area contributed by atoms with Crippen molar-refractivity contribution in [1.29, 1.82) is 0 Å². The average molecular weight is 328 g/mol. The lowest BCUT2D eigenvalue weighted by molar-refractivity contribution is 1.32. The van der Waals surface area contributed by atoms with Gasteiger partial charge in [-0.25, -0.2) is 0 Å². The third kappa shape index (κ3) is 3.66. The van der Waals surface area contributed by atoms with Gasteiger partial charge in [0.25, 0.3) is 0 Å². The number of hydrogen-bond acceptors (Lipinski definition) is 2. The van der Waals surface area contributed by atoms with Crippen molar-refractivity contribution in [3.63, 3.8) is 0 Å². The summed E-state index contributed by atoms with van der Waals surface area (Å²) in [5.74, 6) is 0. The van der Waals surface area contributed by atoms with Gasteiger partial charge in [0, 0.05) is 5.02 Å². The Morgan fingerprint density at radius 3 is 2.10 bits per heavy atom. The fourth-order valence-electron chi connectivity index (χ4n) is 1.65. The number of halogens is 3. The first kappa shape index (κ1) is 15.2. The summed E-state index contributed by atoms with van der Waals surface area (Å²) in [6.45, 7) is 3.96. The van der Waals surface area contributed by atoms with Crippen molar-refractivity contribution >= 4 is 46.2 Å². The molecule has 20 heavy (non-hydrogen) atoms. The van der Waals surface area contributed by atoms with Crippen molar-refractivity contribution in [2.45, 2.75) is 13.8 Å². The van der Waals surface area contributed by atoms with Crippen molar-refractivity contribution in [2.24, 2.45) is 5.10 Å². The molecule has 2 rings (SSSR count). The molecular weight excluding hydrogens is 315 g/mol. The molecule has 2 nitrogen and oxygen atoms in total. The van der Waals surface area contributed by atoms with E-state index in [1.807, 2.05) is 38.1 Å². The Morgan fingerprint density at radius 1 is 1.00 bits per heavy atom. The minimum absolute atomic E-state index is 0.433. The second-order valence-corrected chi connectivity index (χ2v) is 5.67. The Bertz CT molecular complexity index is 626. The fraction of sp³-hybridized carbons (Fsp3) is 0.133. The van der Waals surface area contributed by atoms with Gasteiger partial charge in [-0.2, -0.15) is 5.10 Å². The van der Waals surface area contributed by atoms with Gasteiger partial charge in [-0.3, -0.25) is 5.43 Å². The molecule has 0 heterocycles. The SMILES string of the molecule is CC(=NNc1c(Cl)cc(Cl)cc1Cl)c1ccc(C)cc1. The Labute approximate surface area is 133 Å². The Balaban J connectivity index is 2.23. The maximum Gasteiger partial charge on any atom is 0.0935 e. The van der Waals surface area contributed by atoms with Crippen molar-refractivity contribution < 1.29 is 0 Å². The number of rotatable bonds is 3. The minimum atomic E-state index is 0.433. The summed E-state index contributed by atoms with van der Waals surface area (Å²) in [4.78, 5) is 0. The second kappa shape index (κ2) is 6.49. The molecule has 0 aliphatic heterocycles. The zero-order chi connectivity index (χ0) is 14.7. The first-order valence-electron chi connectivity index (χ1n) is 5.99. The number of benzene rings is 2. The van der Waals surface area contributed by atoms with Crippen molar-refractivity contribution in [1.82, 2.24) is 0 Å². The third-order valence-corrected chi connectivity index (χ3v) is 3.63. The van der Waals surface area contributed by atoms with E-state index in [2.05, 4.69) is 10.5 Å². The highest BCUT2D eigenvalue weighted by molar-refractivity contribution is 6.41. The number of hydrazone groups is 1. The van der Waals surface area contributed by atoms with Crippen molar-refractivity contribution in [3.05, 3.63) is 62.6 Å². The molecular formula is C15H13Cl3N2. The third-order valence-electron chi connectivity index (χ3n) is 2.81. The van der Waals surface area contributed by atoms with Gasteiger partial charge < -0.3 is 0 Å². The molecule has 0 spiro atoms. The number of aryl methyl sites for hydroxylation is 1. The standard InChI is InChI=1S/C15H13Cl3N2/c1-9-3-5-11(6-4-9)10(2)19-20-15-13(17)7-12(16)8-14(15)18/h3-8,20H,1-2H3. The average Bonchev–Trinajstić information content (AvgIpc) is 2.38. The molecule has 0 aromatic heterocycles. The van der Waals surface area contributed by atoms with E-state index in [0.717, 1.165) is 11.3 Å². The van der Waals surface area contributed by atoms with Crippen LogP contribution < -0.4 is 5.43 Å². The summed E-state index contributed by atoms with van der Waals surface area (Å²) in [6, 6.07) is 11.3. The van der Waals surface area contributed by atoms with Gasteiger partial charge in [-0.1, -0.05) is 64.6 Å². The lowest BCUT2D eigenvalue weighted by atomic mass is 10.1. The lowest BCUT2D eigenvalue weighted by Crippen LogP contribution is -2.00. The molecule has 0 radical (unpaired) electrons. The molecule has 2 aromatic rings. The van der Waals surface area contributed by atoms with Gasteiger partial charge in [0.05, 0.1) is 21.4 Å². The molecule has 0 aliphatic rings. The van der Waals surface area contributed by atoms with E-state index in [9.17, 15) is 0 Å². The molecule has 0 unspecified atom stereocenters. The van der Waals surface area contributed by atoms with Crippen LogP contribution in [0.4, 0.5) is 5.69 Å². The number of anilines is 1. The molecule has 0 bridgehead atoms. The van der Waals surface area contributed by atoms with Crippen LogP contribution in [-0.2, 0) is 0 Å². The second-order valence-electron chi connectivity index (χ2n) is 4.42. The largest absolute Gasteiger partial charge is 0.275 e. The normalized spacial score (nSPS) is 11.6. The summed E-state index contributed by atoms with van der Waals surface area (Å²) >= 11 is 18.0. The maximum absolute atomic E-state index is 6.08. The molecule has 0 saturated carbocycles. The molecule has 0 aliphatic carbocycles. The molecule has 5 heteroatoms. The molecule has 0 fully saturated rings. The molecule has 0 atom stereocenters. The minimum Gasteiger partial charge on any atom is -0.275 e. The van der Waals surface area contributed by atoms with Crippen LogP contribution in [0.15, 0.2) is 41.5 Å². The highest BCUT2D eigenvalue weighted by Crippen LogP contribution is 2.33. The topological polar surface area (TPSA) is 24.4 Å². The first-order valence-corrected chi connectivity index (χ1v) is 7.12. The van der Waals surface area contributed by atoms with Gasteiger partial charge in [0.1, 0.15) is 0 Å². The Hall–Kier alpha value is -1.22. The summed E-state index contributed by atoms with van der Waals surface area (Å²) in [6.07, 6.45) is 0. The summed E-state index contributed by atoms with van der Waals surface area (Å²) in [5.41, 5.74) is 6.51. The van der Waals surface area contributed by atoms with E-state index >= 15 is 0 Å². The Kier molecular flexibility index (Phi) is 4.92. The van der Waals surface area contributed by atoms with E-state index in [0.29, 0.717) is 20.8 Å². The van der Waals surface area contributed by atoms with Crippen molar-refractivity contribution in [3.8, 4) is 0 Å². The highest BCUT2D eigenvalue weighted by atomic mass is 35.5. The van der Waals surface area contributed by atoms with Crippen LogP contribution in [0.25, 0.3) is 0 Å². The Morgan fingerprint density at radius 2 is 1.55 bits per heavy atom. The molecule has 0 amide bonds. The van der Waals surface area contributed by atoms with E-state index in [-0.39, 0.29) is 0 Å². The summed E-state index contributed by atoms with van der Waals surface area (Å²) in [5, 5.41) is 5.66. The predicted octanol–water partition coefficient (Wildman–Crippen LogP) is 5.79. The maximum atomic E-state index is 6.08. The molecule has 2 aromatic carbocycles. The molecule has 1 N–H and O–H groups in total. The first-order chi connectivity index (χ1) is 9.47. The van der Waals surface area contributed by atoms with Gasteiger partial charge in [0.15, 0.2) is 0 Å². The van der Waals surface area contributed by atoms with Crippen LogP contribution in [0.1, 0.15) is 18.1 Å². The van der Waals surface area contributed by atoms with Crippen LogP contribution in [0, 0.1) is 6.92 Å². The van der Waals surface area contributed by atoms with Gasteiger partial charge in [-0.05, 0) is 31.5 Å². The summed E-state index contributed by atoms with van der Waals surface area (Å²) in [7, 11) is 0. The highest BCUT2D eigenvalue weighted by Gasteiger charge is 2.07. The number of nitrogens with one attached hydrogen (secondary N) is 1. The van der Waals surface area contributed by atoms with E-state index in [1.165, 1.54) is 5.56 Å². The monoisotopic (exact) mass is 326 g/mol. The summed E-state index contributed by atoms with van der Waals surface area (Å²) < 4.78 is 0. The quantitative estimate of drug-likeness (QED) is 0.560. The number of nitrogens with zero attached hydrogens (tertiary/aromatic N) is 1. The van der Waals surface area contributed by atoms with Crippen LogP contribution in [-0.4, -0.2) is 5.71 Å². The van der Waals surface area contributed by atoms with Crippen molar-refractivity contribution in [2.75, 3.05) is 5.43 Å². The van der Waals surface area contributed by atoms with Crippen LogP contribution in [0.2, 0.25) is 15.1 Å². The number of hydrogen-bond donors (Lipinski definition) is 1. The lowest BCUT2D eigenvalue weighted by Gasteiger charge is -2.08. The van der Waals surface area contributed by atoms with Crippen LogP contribution in [0.5, 0.6) is 0 Å². The molecule has 104 valence electrons. The van der Waals surface area contributed by atoms with Gasteiger partial charge in [0.2, 0.25) is 0 Å². The zero-order valence-corrected chi connectivity index (χ0v) is 13.3. The van der Waals surface area contributed by atoms with Crippen LogP contribution in [0.3, 0.4) is 0 Å².